The maximum absolute atomic E-state index is 12.7. The minimum atomic E-state index is -4.37. The van der Waals surface area contributed by atoms with Gasteiger partial charge in [0.25, 0.3) is 0 Å². The van der Waals surface area contributed by atoms with Crippen molar-refractivity contribution in [3.63, 3.8) is 0 Å². The van der Waals surface area contributed by atoms with E-state index in [1.165, 1.54) is 12.1 Å². The molecule has 0 saturated carbocycles. The van der Waals surface area contributed by atoms with E-state index in [1.54, 1.807) is 22.5 Å². The van der Waals surface area contributed by atoms with Gasteiger partial charge in [-0.3, -0.25) is 4.79 Å². The zero-order valence-corrected chi connectivity index (χ0v) is 16.6. The first kappa shape index (κ1) is 21.0. The van der Waals surface area contributed by atoms with Crippen molar-refractivity contribution in [3.05, 3.63) is 77.1 Å². The number of halogens is 3. The summed E-state index contributed by atoms with van der Waals surface area (Å²) in [6.07, 6.45) is -2.59. The second kappa shape index (κ2) is 8.32. The first-order chi connectivity index (χ1) is 13.6. The highest BCUT2D eigenvalue weighted by molar-refractivity contribution is 7.99. The van der Waals surface area contributed by atoms with Crippen LogP contribution in [0.2, 0.25) is 0 Å². The van der Waals surface area contributed by atoms with E-state index in [0.717, 1.165) is 33.8 Å². The third kappa shape index (κ3) is 5.20. The largest absolute Gasteiger partial charge is 0.481 e. The SMILES string of the molecule is Cc1nn(-c2ccc(C(F)(F)F)cc2)cc1C(C)Sc1cccc(CC(=O)O)c1. The first-order valence-corrected chi connectivity index (χ1v) is 9.72. The molecule has 1 N–H and O–H groups in total. The molecule has 0 amide bonds. The van der Waals surface area contributed by atoms with Gasteiger partial charge in [0.1, 0.15) is 0 Å². The summed E-state index contributed by atoms with van der Waals surface area (Å²) < 4.78 is 39.8. The molecule has 0 aliphatic rings. The van der Waals surface area contributed by atoms with Crippen molar-refractivity contribution in [1.82, 2.24) is 9.78 Å². The van der Waals surface area contributed by atoms with E-state index in [0.29, 0.717) is 5.69 Å². The molecule has 1 atom stereocenters. The van der Waals surface area contributed by atoms with E-state index >= 15 is 0 Å². The fraction of sp³-hybridized carbons (Fsp3) is 0.238. The normalized spacial score (nSPS) is 12.7. The monoisotopic (exact) mass is 420 g/mol. The van der Waals surface area contributed by atoms with Crippen LogP contribution >= 0.6 is 11.8 Å². The molecule has 4 nitrogen and oxygen atoms in total. The van der Waals surface area contributed by atoms with Crippen LogP contribution in [0.3, 0.4) is 0 Å². The zero-order valence-electron chi connectivity index (χ0n) is 15.8. The molecule has 152 valence electrons. The third-order valence-corrected chi connectivity index (χ3v) is 5.53. The highest BCUT2D eigenvalue weighted by Crippen LogP contribution is 2.37. The van der Waals surface area contributed by atoms with E-state index in [1.807, 2.05) is 38.2 Å². The van der Waals surface area contributed by atoms with Crippen LogP contribution in [0.15, 0.2) is 59.6 Å². The van der Waals surface area contributed by atoms with Gasteiger partial charge in [0, 0.05) is 21.9 Å². The number of rotatable bonds is 6. The Morgan fingerprint density at radius 2 is 1.90 bits per heavy atom. The van der Waals surface area contributed by atoms with E-state index < -0.39 is 17.7 Å². The average molecular weight is 420 g/mol. The molecule has 0 aliphatic heterocycles. The highest BCUT2D eigenvalue weighted by atomic mass is 32.2. The summed E-state index contributed by atoms with van der Waals surface area (Å²) in [6.45, 7) is 3.86. The Hall–Kier alpha value is -2.74. The smallest absolute Gasteiger partial charge is 0.416 e. The lowest BCUT2D eigenvalue weighted by Crippen LogP contribution is -2.05. The molecule has 3 rings (SSSR count). The predicted octanol–water partition coefficient (Wildman–Crippen LogP) is 5.68. The van der Waals surface area contributed by atoms with Gasteiger partial charge in [-0.2, -0.15) is 18.3 Å². The molecule has 1 heterocycles. The molecule has 0 radical (unpaired) electrons. The number of hydrogen-bond donors (Lipinski definition) is 1. The van der Waals surface area contributed by atoms with Gasteiger partial charge in [0.2, 0.25) is 0 Å². The number of carboxylic acids is 1. The standard InChI is InChI=1S/C21H19F3N2O2S/c1-13-19(14(2)29-18-5-3-4-15(10-18)11-20(27)28)12-26(25-13)17-8-6-16(7-9-17)21(22,23)24/h3-10,12,14H,11H2,1-2H3,(H,27,28). The lowest BCUT2D eigenvalue weighted by atomic mass is 10.2. The topological polar surface area (TPSA) is 55.1 Å². The van der Waals surface area contributed by atoms with Crippen molar-refractivity contribution >= 4 is 17.7 Å². The Morgan fingerprint density at radius 1 is 1.21 bits per heavy atom. The number of alkyl halides is 3. The molecule has 0 saturated heterocycles. The van der Waals surface area contributed by atoms with Crippen LogP contribution in [0, 0.1) is 6.92 Å². The maximum atomic E-state index is 12.7. The van der Waals surface area contributed by atoms with Crippen LogP contribution < -0.4 is 0 Å². The van der Waals surface area contributed by atoms with Crippen LogP contribution in [0.5, 0.6) is 0 Å². The number of aliphatic carboxylic acids is 1. The van der Waals surface area contributed by atoms with Crippen molar-refractivity contribution in [2.75, 3.05) is 0 Å². The van der Waals surface area contributed by atoms with Gasteiger partial charge in [0.15, 0.2) is 0 Å². The number of aryl methyl sites for hydroxylation is 1. The van der Waals surface area contributed by atoms with Gasteiger partial charge in [0.05, 0.1) is 23.4 Å². The third-order valence-electron chi connectivity index (χ3n) is 4.40. The van der Waals surface area contributed by atoms with Crippen LogP contribution in [-0.2, 0) is 17.4 Å². The first-order valence-electron chi connectivity index (χ1n) is 8.84. The van der Waals surface area contributed by atoms with Crippen molar-refractivity contribution in [3.8, 4) is 5.69 Å². The number of aromatic nitrogens is 2. The molecule has 8 heteroatoms. The molecule has 2 aromatic carbocycles. The Balaban J connectivity index is 1.78. The summed E-state index contributed by atoms with van der Waals surface area (Å²) in [5.74, 6) is -0.881. The second-order valence-corrected chi connectivity index (χ2v) is 8.05. The van der Waals surface area contributed by atoms with E-state index in [-0.39, 0.29) is 11.7 Å². The summed E-state index contributed by atoms with van der Waals surface area (Å²) in [5, 5.41) is 13.4. The van der Waals surface area contributed by atoms with Gasteiger partial charge in [-0.25, -0.2) is 4.68 Å². The molecule has 3 aromatic rings. The Kier molecular flexibility index (Phi) is 6.02. The van der Waals surface area contributed by atoms with Crippen LogP contribution in [-0.4, -0.2) is 20.9 Å². The molecular weight excluding hydrogens is 401 g/mol. The van der Waals surface area contributed by atoms with Crippen molar-refractivity contribution in [2.24, 2.45) is 0 Å². The quantitative estimate of drug-likeness (QED) is 0.521. The molecule has 0 fully saturated rings. The number of hydrogen-bond acceptors (Lipinski definition) is 3. The van der Waals surface area contributed by atoms with E-state index in [9.17, 15) is 18.0 Å². The lowest BCUT2D eigenvalue weighted by Gasteiger charge is -2.11. The molecule has 0 spiro atoms. The fourth-order valence-electron chi connectivity index (χ4n) is 2.98. The fourth-order valence-corrected chi connectivity index (χ4v) is 4.12. The second-order valence-electron chi connectivity index (χ2n) is 6.64. The number of carbonyl (C=O) groups is 1. The zero-order chi connectivity index (χ0) is 21.2. The van der Waals surface area contributed by atoms with Crippen molar-refractivity contribution in [1.29, 1.82) is 0 Å². The van der Waals surface area contributed by atoms with Crippen LogP contribution in [0.1, 0.15) is 34.6 Å². The molecular formula is C21H19F3N2O2S. The number of carboxylic acid groups (broad SMARTS) is 1. The minimum Gasteiger partial charge on any atom is -0.481 e. The van der Waals surface area contributed by atoms with Gasteiger partial charge in [-0.15, -0.1) is 11.8 Å². The molecule has 0 bridgehead atoms. The lowest BCUT2D eigenvalue weighted by molar-refractivity contribution is -0.138. The molecule has 1 unspecified atom stereocenters. The number of nitrogens with zero attached hydrogens (tertiary/aromatic N) is 2. The van der Waals surface area contributed by atoms with E-state index in [4.69, 9.17) is 5.11 Å². The van der Waals surface area contributed by atoms with Gasteiger partial charge >= 0.3 is 12.1 Å². The van der Waals surface area contributed by atoms with Crippen molar-refractivity contribution in [2.45, 2.75) is 36.6 Å². The van der Waals surface area contributed by atoms with Gasteiger partial charge in [-0.05, 0) is 55.8 Å². The summed E-state index contributed by atoms with van der Waals surface area (Å²) in [5.41, 5.74) is 2.32. The average Bonchev–Trinajstić information content (AvgIpc) is 3.03. The van der Waals surface area contributed by atoms with Crippen molar-refractivity contribution < 1.29 is 23.1 Å². The Labute approximate surface area is 170 Å². The summed E-state index contributed by atoms with van der Waals surface area (Å²) in [6, 6.07) is 12.2. The Morgan fingerprint density at radius 3 is 2.52 bits per heavy atom. The molecule has 1 aromatic heterocycles. The van der Waals surface area contributed by atoms with Gasteiger partial charge < -0.3 is 5.11 Å². The number of thioether (sulfide) groups is 1. The highest BCUT2D eigenvalue weighted by Gasteiger charge is 2.30. The number of benzene rings is 2. The minimum absolute atomic E-state index is 0.0262. The van der Waals surface area contributed by atoms with Gasteiger partial charge in [-0.1, -0.05) is 12.1 Å². The Bertz CT molecular complexity index is 1010. The summed E-state index contributed by atoms with van der Waals surface area (Å²) >= 11 is 1.57. The van der Waals surface area contributed by atoms with Crippen LogP contribution in [0.25, 0.3) is 5.69 Å². The van der Waals surface area contributed by atoms with Crippen LogP contribution in [0.4, 0.5) is 13.2 Å². The van der Waals surface area contributed by atoms with E-state index in [2.05, 4.69) is 5.10 Å². The summed E-state index contributed by atoms with van der Waals surface area (Å²) in [7, 11) is 0. The predicted molar refractivity (Wildman–Crippen MR) is 105 cm³/mol. The maximum Gasteiger partial charge on any atom is 0.416 e. The molecule has 29 heavy (non-hydrogen) atoms. The molecule has 0 aliphatic carbocycles. The summed E-state index contributed by atoms with van der Waals surface area (Å²) in [4.78, 5) is 11.8.